The number of aliphatic hydroxyl groups is 1. The highest BCUT2D eigenvalue weighted by Gasteiger charge is 2.45. The third-order valence-electron chi connectivity index (χ3n) is 9.04. The molecule has 282 valence electrons. The summed E-state index contributed by atoms with van der Waals surface area (Å²) in [5, 5.41) is 29.7. The molecule has 6 N–H and O–H groups in total. The Labute approximate surface area is 306 Å². The molecule has 1 aliphatic heterocycles. The van der Waals surface area contributed by atoms with E-state index in [0.29, 0.717) is 0 Å². The van der Waals surface area contributed by atoms with E-state index in [1.807, 2.05) is 72.8 Å². The van der Waals surface area contributed by atoms with Crippen LogP contribution in [0.15, 0.2) is 79.0 Å². The number of pyridine rings is 1. The number of amides is 3. The number of hydrogen-bond acceptors (Lipinski definition) is 7. The predicted octanol–water partition coefficient (Wildman–Crippen LogP) is 3.50. The van der Waals surface area contributed by atoms with Gasteiger partial charge in [0, 0.05) is 30.9 Å². The first-order chi connectivity index (χ1) is 24.3. The van der Waals surface area contributed by atoms with E-state index in [0.717, 1.165) is 26.7 Å². The molecule has 1 aromatic heterocycles. The Morgan fingerprint density at radius 1 is 0.827 bits per heavy atom. The maximum absolute atomic E-state index is 14.1. The van der Waals surface area contributed by atoms with Crippen molar-refractivity contribution in [2.75, 3.05) is 13.1 Å². The van der Waals surface area contributed by atoms with E-state index in [2.05, 4.69) is 25.7 Å². The van der Waals surface area contributed by atoms with Gasteiger partial charge in [-0.3, -0.25) is 14.6 Å². The van der Waals surface area contributed by atoms with E-state index in [4.69, 9.17) is 0 Å². The first kappa shape index (κ1) is 40.4. The lowest BCUT2D eigenvalue weighted by Gasteiger charge is -2.37. The number of nitrogens with one attached hydrogen (secondary N) is 4. The van der Waals surface area contributed by atoms with Crippen LogP contribution in [0.2, 0.25) is 0 Å². The minimum atomic E-state index is -3.89. The van der Waals surface area contributed by atoms with E-state index in [1.54, 1.807) is 47.7 Å². The van der Waals surface area contributed by atoms with Gasteiger partial charge in [0.25, 0.3) is 10.2 Å². The highest BCUT2D eigenvalue weighted by Crippen LogP contribution is 2.29. The summed E-state index contributed by atoms with van der Waals surface area (Å²) in [7, 11) is -3.89. The van der Waals surface area contributed by atoms with Crippen molar-refractivity contribution >= 4 is 28.1 Å². The third kappa shape index (κ3) is 11.1. The van der Waals surface area contributed by atoms with Crippen molar-refractivity contribution in [3.8, 4) is 11.3 Å². The number of rotatable bonds is 14. The largest absolute Gasteiger partial charge is 0.465 e. The Bertz CT molecular complexity index is 1760. The van der Waals surface area contributed by atoms with Crippen LogP contribution in [-0.2, 0) is 32.6 Å². The minimum Gasteiger partial charge on any atom is -0.465 e. The molecule has 5 atom stereocenters. The summed E-state index contributed by atoms with van der Waals surface area (Å²) >= 11 is 0. The summed E-state index contributed by atoms with van der Waals surface area (Å²) in [4.78, 5) is 43.9. The minimum absolute atomic E-state index is 0.0147. The zero-order valence-corrected chi connectivity index (χ0v) is 31.5. The number of hydrogen-bond donors (Lipinski definition) is 6. The summed E-state index contributed by atoms with van der Waals surface area (Å²) in [6.45, 7) is 10.9. The third-order valence-corrected chi connectivity index (χ3v) is 10.6. The monoisotopic (exact) mass is 736 g/mol. The van der Waals surface area contributed by atoms with Gasteiger partial charge in [0.05, 0.1) is 17.8 Å². The van der Waals surface area contributed by atoms with Gasteiger partial charge in [-0.1, -0.05) is 102 Å². The molecule has 14 heteroatoms. The van der Waals surface area contributed by atoms with Gasteiger partial charge in [-0.15, -0.1) is 0 Å². The fourth-order valence-corrected chi connectivity index (χ4v) is 8.02. The second-order valence-corrected chi connectivity index (χ2v) is 17.2. The Morgan fingerprint density at radius 2 is 1.46 bits per heavy atom. The first-order valence-electron chi connectivity index (χ1n) is 17.4. The maximum atomic E-state index is 14.1. The molecule has 1 aliphatic rings. The van der Waals surface area contributed by atoms with Crippen molar-refractivity contribution in [2.45, 2.75) is 91.1 Å². The SMILES string of the molecule is CC(C)(C)[C@H](NC(=O)O)C(=O)N[C@H](Cc1ccc(-c2ccccn2)cc1)C[C@H](O)[C@H](Cc1ccccc1)NC(=O)[C@@H](N1CCNS1(=O)=O)C(C)(C)C. The zero-order valence-electron chi connectivity index (χ0n) is 30.7. The van der Waals surface area contributed by atoms with Crippen LogP contribution in [-0.4, -0.2) is 89.2 Å². The number of aliphatic hydroxyl groups excluding tert-OH is 1. The Hall–Kier alpha value is -4.37. The molecule has 0 spiro atoms. The maximum Gasteiger partial charge on any atom is 0.405 e. The predicted molar refractivity (Wildman–Crippen MR) is 199 cm³/mol. The van der Waals surface area contributed by atoms with Crippen LogP contribution in [0.5, 0.6) is 0 Å². The molecule has 0 aliphatic carbocycles. The summed E-state index contributed by atoms with van der Waals surface area (Å²) in [6.07, 6.45) is -0.353. The van der Waals surface area contributed by atoms with E-state index in [9.17, 15) is 33.0 Å². The van der Waals surface area contributed by atoms with Gasteiger partial charge in [-0.25, -0.2) is 9.52 Å². The van der Waals surface area contributed by atoms with E-state index in [1.165, 1.54) is 0 Å². The Balaban J connectivity index is 1.65. The van der Waals surface area contributed by atoms with Crippen LogP contribution in [0.1, 0.15) is 59.1 Å². The van der Waals surface area contributed by atoms with Gasteiger partial charge in [-0.05, 0) is 53.4 Å². The smallest absolute Gasteiger partial charge is 0.405 e. The summed E-state index contributed by atoms with van der Waals surface area (Å²) in [6, 6.07) is 18.9. The van der Waals surface area contributed by atoms with Gasteiger partial charge < -0.3 is 26.2 Å². The van der Waals surface area contributed by atoms with Crippen molar-refractivity contribution < 1.29 is 33.0 Å². The fourth-order valence-electron chi connectivity index (χ4n) is 6.49. The van der Waals surface area contributed by atoms with E-state index < -0.39 is 69.2 Å². The molecule has 1 saturated heterocycles. The lowest BCUT2D eigenvalue weighted by Crippen LogP contribution is -2.59. The van der Waals surface area contributed by atoms with Gasteiger partial charge in [0.2, 0.25) is 11.8 Å². The van der Waals surface area contributed by atoms with E-state index >= 15 is 0 Å². The van der Waals surface area contributed by atoms with Crippen molar-refractivity contribution in [1.82, 2.24) is 30.0 Å². The van der Waals surface area contributed by atoms with Crippen molar-refractivity contribution in [2.24, 2.45) is 10.8 Å². The molecule has 13 nitrogen and oxygen atoms in total. The molecule has 0 radical (unpaired) electrons. The van der Waals surface area contributed by atoms with Gasteiger partial charge >= 0.3 is 6.09 Å². The van der Waals surface area contributed by atoms with E-state index in [-0.39, 0.29) is 32.4 Å². The molecule has 2 aromatic carbocycles. The standard InChI is InChI=1S/C38H52N6O7S/c1-37(2,3)32(43-36(48)49)34(46)41-28(22-26-15-17-27(18-16-26)29-14-10-11-19-39-29)24-31(45)30(23-25-12-8-7-9-13-25)42-35(47)33(38(4,5)6)44-21-20-40-52(44,50)51/h7-19,28,30-33,40,43,45H,20-24H2,1-6H3,(H,41,46)(H,42,47)(H,48,49)/t28-,30+,31+,32-,33-/m1/s1. The molecule has 2 heterocycles. The van der Waals surface area contributed by atoms with Gasteiger partial charge in [0.15, 0.2) is 0 Å². The molecule has 1 fully saturated rings. The molecular weight excluding hydrogens is 685 g/mol. The number of carbonyl (C=O) groups excluding carboxylic acids is 2. The number of carboxylic acid groups (broad SMARTS) is 1. The molecule has 3 aromatic rings. The van der Waals surface area contributed by atoms with Gasteiger partial charge in [-0.2, -0.15) is 12.7 Å². The number of carbonyl (C=O) groups is 3. The number of aromatic nitrogens is 1. The number of nitrogens with zero attached hydrogens (tertiary/aromatic N) is 2. The lowest BCUT2D eigenvalue weighted by atomic mass is 9.85. The highest BCUT2D eigenvalue weighted by atomic mass is 32.2. The van der Waals surface area contributed by atoms with Crippen LogP contribution in [0.3, 0.4) is 0 Å². The topological polar surface area (TPSA) is 190 Å². The van der Waals surface area contributed by atoms with Crippen molar-refractivity contribution in [3.05, 3.63) is 90.1 Å². The van der Waals surface area contributed by atoms with Gasteiger partial charge in [0.1, 0.15) is 12.1 Å². The molecule has 52 heavy (non-hydrogen) atoms. The quantitative estimate of drug-likeness (QED) is 0.145. The molecule has 0 unspecified atom stereocenters. The average molecular weight is 737 g/mol. The van der Waals surface area contributed by atoms with Crippen molar-refractivity contribution in [3.63, 3.8) is 0 Å². The summed E-state index contributed by atoms with van der Waals surface area (Å²) < 4.78 is 29.4. The molecule has 0 saturated carbocycles. The van der Waals surface area contributed by atoms with Crippen LogP contribution in [0.25, 0.3) is 11.3 Å². The molecule has 3 amide bonds. The van der Waals surface area contributed by atoms with Crippen LogP contribution in [0, 0.1) is 10.8 Å². The summed E-state index contributed by atoms with van der Waals surface area (Å²) in [5.74, 6) is -1.11. The molecular formula is C38H52N6O7S. The molecule has 0 bridgehead atoms. The first-order valence-corrected chi connectivity index (χ1v) is 18.9. The fraction of sp³-hybridized carbons (Fsp3) is 0.474. The second-order valence-electron chi connectivity index (χ2n) is 15.5. The normalized spacial score (nSPS) is 17.7. The van der Waals surface area contributed by atoms with Crippen LogP contribution in [0.4, 0.5) is 4.79 Å². The molecule has 4 rings (SSSR count). The number of benzene rings is 2. The van der Waals surface area contributed by atoms with Crippen LogP contribution < -0.4 is 20.7 Å². The lowest BCUT2D eigenvalue weighted by molar-refractivity contribution is -0.130. The van der Waals surface area contributed by atoms with Crippen molar-refractivity contribution in [1.29, 1.82) is 0 Å². The zero-order chi connectivity index (χ0) is 38.3. The summed E-state index contributed by atoms with van der Waals surface area (Å²) in [5.41, 5.74) is 1.82. The van der Waals surface area contributed by atoms with Crippen LogP contribution >= 0.6 is 0 Å². The highest BCUT2D eigenvalue weighted by molar-refractivity contribution is 7.87. The second kappa shape index (κ2) is 17.0. The Morgan fingerprint density at radius 3 is 2.00 bits per heavy atom. The average Bonchev–Trinajstić information content (AvgIpc) is 3.40. The Kier molecular flexibility index (Phi) is 13.2.